The van der Waals surface area contributed by atoms with Crippen LogP contribution in [0.25, 0.3) is 0 Å². The lowest BCUT2D eigenvalue weighted by Gasteiger charge is -2.15. The molecule has 0 fully saturated rings. The molecular weight excluding hydrogens is 306 g/mol. The van der Waals surface area contributed by atoms with Crippen molar-refractivity contribution in [3.05, 3.63) is 34.9 Å². The Balaban J connectivity index is 1.82. The minimum Gasteiger partial charge on any atom is -0.478 e. The van der Waals surface area contributed by atoms with Gasteiger partial charge < -0.3 is 23.7 Å². The average molecular weight is 323 g/mol. The number of rotatable bonds is 7. The normalized spacial score (nSPS) is 10.7. The van der Waals surface area contributed by atoms with Gasteiger partial charge in [-0.3, -0.25) is 4.79 Å². The maximum atomic E-state index is 11.9. The molecule has 0 saturated heterocycles. The number of hydrogen-bond acceptors (Lipinski definition) is 7. The molecule has 0 bridgehead atoms. The first kappa shape index (κ1) is 16.7. The summed E-state index contributed by atoms with van der Waals surface area (Å²) in [6.45, 7) is 3.27. The van der Waals surface area contributed by atoms with Crippen molar-refractivity contribution >= 4 is 11.9 Å². The van der Waals surface area contributed by atoms with Crippen LogP contribution in [-0.2, 0) is 22.7 Å². The molecule has 2 aromatic rings. The molecule has 0 spiro atoms. The predicted molar refractivity (Wildman–Crippen MR) is 75.6 cm³/mol. The van der Waals surface area contributed by atoms with E-state index in [0.29, 0.717) is 23.2 Å². The van der Waals surface area contributed by atoms with Crippen molar-refractivity contribution in [2.75, 3.05) is 13.7 Å². The van der Waals surface area contributed by atoms with Crippen molar-refractivity contribution in [1.29, 1.82) is 0 Å². The largest absolute Gasteiger partial charge is 0.478 e. The van der Waals surface area contributed by atoms with Crippen molar-refractivity contribution in [3.8, 4) is 0 Å². The SMILES string of the molecule is Cc1noc(COCC(=O)N(C)Cc2cc(C(=O)O)c(C)o2)n1. The van der Waals surface area contributed by atoms with E-state index < -0.39 is 5.97 Å². The van der Waals surface area contributed by atoms with E-state index in [2.05, 4.69) is 10.1 Å². The number of likely N-dealkylation sites (N-methyl/N-ethyl adjacent to an activating group) is 1. The van der Waals surface area contributed by atoms with Crippen LogP contribution in [0.4, 0.5) is 0 Å². The molecule has 0 unspecified atom stereocenters. The number of aryl methyl sites for hydroxylation is 2. The quantitative estimate of drug-likeness (QED) is 0.806. The summed E-state index contributed by atoms with van der Waals surface area (Å²) in [6, 6.07) is 1.41. The first-order valence-corrected chi connectivity index (χ1v) is 6.80. The summed E-state index contributed by atoms with van der Waals surface area (Å²) in [5, 5.41) is 12.6. The minimum absolute atomic E-state index is 0.0451. The summed E-state index contributed by atoms with van der Waals surface area (Å²) in [4.78, 5) is 28.2. The second-order valence-corrected chi connectivity index (χ2v) is 4.97. The number of aromatic carboxylic acids is 1. The smallest absolute Gasteiger partial charge is 0.339 e. The third-order valence-electron chi connectivity index (χ3n) is 3.04. The van der Waals surface area contributed by atoms with E-state index >= 15 is 0 Å². The van der Waals surface area contributed by atoms with Gasteiger partial charge in [-0.1, -0.05) is 5.16 Å². The third kappa shape index (κ3) is 4.39. The molecule has 2 rings (SSSR count). The summed E-state index contributed by atoms with van der Waals surface area (Å²) in [5.41, 5.74) is 0.0869. The number of carbonyl (C=O) groups is 2. The average Bonchev–Trinajstić information content (AvgIpc) is 3.04. The molecule has 0 atom stereocenters. The zero-order valence-corrected chi connectivity index (χ0v) is 13.0. The molecule has 0 saturated carbocycles. The van der Waals surface area contributed by atoms with E-state index in [4.69, 9.17) is 18.8 Å². The van der Waals surface area contributed by atoms with Gasteiger partial charge in [0.25, 0.3) is 5.89 Å². The number of carbonyl (C=O) groups excluding carboxylic acids is 1. The van der Waals surface area contributed by atoms with Crippen molar-refractivity contribution in [1.82, 2.24) is 15.0 Å². The van der Waals surface area contributed by atoms with Gasteiger partial charge >= 0.3 is 5.97 Å². The fraction of sp³-hybridized carbons (Fsp3) is 0.429. The van der Waals surface area contributed by atoms with Gasteiger partial charge in [0.1, 0.15) is 30.3 Å². The van der Waals surface area contributed by atoms with Gasteiger partial charge in [-0.25, -0.2) is 4.79 Å². The van der Waals surface area contributed by atoms with Crippen molar-refractivity contribution in [3.63, 3.8) is 0 Å². The van der Waals surface area contributed by atoms with Crippen LogP contribution in [0.5, 0.6) is 0 Å². The van der Waals surface area contributed by atoms with Gasteiger partial charge in [0.15, 0.2) is 5.82 Å². The maximum Gasteiger partial charge on any atom is 0.339 e. The van der Waals surface area contributed by atoms with E-state index in [0.717, 1.165) is 0 Å². The molecule has 0 aromatic carbocycles. The first-order chi connectivity index (χ1) is 10.9. The van der Waals surface area contributed by atoms with Crippen LogP contribution in [0.3, 0.4) is 0 Å². The van der Waals surface area contributed by atoms with Crippen molar-refractivity contribution in [2.45, 2.75) is 27.0 Å². The fourth-order valence-electron chi connectivity index (χ4n) is 1.89. The monoisotopic (exact) mass is 323 g/mol. The summed E-state index contributed by atoms with van der Waals surface area (Å²) < 4.78 is 15.4. The molecule has 0 aliphatic rings. The second kappa shape index (κ2) is 7.05. The van der Waals surface area contributed by atoms with Crippen LogP contribution in [0.1, 0.15) is 33.6 Å². The highest BCUT2D eigenvalue weighted by molar-refractivity contribution is 5.88. The van der Waals surface area contributed by atoms with E-state index in [1.807, 2.05) is 0 Å². The van der Waals surface area contributed by atoms with Crippen LogP contribution in [-0.4, -0.2) is 45.7 Å². The first-order valence-electron chi connectivity index (χ1n) is 6.80. The second-order valence-electron chi connectivity index (χ2n) is 4.97. The Kier molecular flexibility index (Phi) is 5.12. The van der Waals surface area contributed by atoms with Gasteiger partial charge in [-0.15, -0.1) is 0 Å². The zero-order chi connectivity index (χ0) is 17.0. The van der Waals surface area contributed by atoms with Crippen LogP contribution >= 0.6 is 0 Å². The molecule has 0 aliphatic heterocycles. The summed E-state index contributed by atoms with van der Waals surface area (Å²) in [7, 11) is 1.57. The van der Waals surface area contributed by atoms with Gasteiger partial charge in [0.05, 0.1) is 6.54 Å². The van der Waals surface area contributed by atoms with Crippen LogP contribution in [0.2, 0.25) is 0 Å². The standard InChI is InChI=1S/C14H17N3O6/c1-8-11(14(19)20)4-10(22-8)5-17(3)13(18)7-21-6-12-15-9(2)16-23-12/h4H,5-7H2,1-3H3,(H,19,20). The van der Waals surface area contributed by atoms with Crippen molar-refractivity contribution in [2.24, 2.45) is 0 Å². The number of ether oxygens (including phenoxy) is 1. The molecular formula is C14H17N3O6. The Morgan fingerprint density at radius 3 is 2.70 bits per heavy atom. The number of carboxylic acids is 1. The summed E-state index contributed by atoms with van der Waals surface area (Å²) in [6.07, 6.45) is 0. The van der Waals surface area contributed by atoms with E-state index in [1.54, 1.807) is 20.9 Å². The molecule has 9 nitrogen and oxygen atoms in total. The number of aromatic nitrogens is 2. The number of amides is 1. The Hall–Kier alpha value is -2.68. The summed E-state index contributed by atoms with van der Waals surface area (Å²) >= 11 is 0. The molecule has 124 valence electrons. The predicted octanol–water partition coefficient (Wildman–Crippen LogP) is 1.15. The highest BCUT2D eigenvalue weighted by Crippen LogP contribution is 2.16. The molecule has 9 heteroatoms. The minimum atomic E-state index is -1.07. The number of furan rings is 1. The lowest BCUT2D eigenvalue weighted by atomic mass is 10.2. The highest BCUT2D eigenvalue weighted by Gasteiger charge is 2.17. The number of hydrogen-bond donors (Lipinski definition) is 1. The topological polar surface area (TPSA) is 119 Å². The van der Waals surface area contributed by atoms with Gasteiger partial charge in [-0.05, 0) is 19.9 Å². The Labute approximate surface area is 131 Å². The fourth-order valence-corrected chi connectivity index (χ4v) is 1.89. The lowest BCUT2D eigenvalue weighted by molar-refractivity contribution is -0.136. The van der Waals surface area contributed by atoms with E-state index in [-0.39, 0.29) is 31.2 Å². The van der Waals surface area contributed by atoms with Crippen LogP contribution < -0.4 is 0 Å². The Bertz CT molecular complexity index is 705. The van der Waals surface area contributed by atoms with Crippen LogP contribution in [0.15, 0.2) is 15.0 Å². The van der Waals surface area contributed by atoms with Gasteiger partial charge in [0.2, 0.25) is 5.91 Å². The van der Waals surface area contributed by atoms with Crippen molar-refractivity contribution < 1.29 is 28.4 Å². The zero-order valence-electron chi connectivity index (χ0n) is 13.0. The molecule has 23 heavy (non-hydrogen) atoms. The molecule has 0 aliphatic carbocycles. The van der Waals surface area contributed by atoms with Gasteiger partial charge in [-0.2, -0.15) is 4.98 Å². The molecule has 1 amide bonds. The Morgan fingerprint density at radius 1 is 1.39 bits per heavy atom. The summed E-state index contributed by atoms with van der Waals surface area (Å²) in [5.74, 6) is 0.136. The number of carboxylic acid groups (broad SMARTS) is 1. The molecule has 2 heterocycles. The third-order valence-corrected chi connectivity index (χ3v) is 3.04. The lowest BCUT2D eigenvalue weighted by Crippen LogP contribution is -2.29. The maximum absolute atomic E-state index is 11.9. The van der Waals surface area contributed by atoms with E-state index in [1.165, 1.54) is 11.0 Å². The molecule has 2 aromatic heterocycles. The van der Waals surface area contributed by atoms with Gasteiger partial charge in [0, 0.05) is 7.05 Å². The van der Waals surface area contributed by atoms with E-state index in [9.17, 15) is 9.59 Å². The molecule has 0 radical (unpaired) electrons. The number of nitrogens with zero attached hydrogens (tertiary/aromatic N) is 3. The van der Waals surface area contributed by atoms with Crippen LogP contribution in [0, 0.1) is 13.8 Å². The molecule has 1 N–H and O–H groups in total. The highest BCUT2D eigenvalue weighted by atomic mass is 16.5. The Morgan fingerprint density at radius 2 is 2.13 bits per heavy atom.